The molecule has 176 valence electrons. The molecule has 4 rings (SSSR count). The van der Waals surface area contributed by atoms with Crippen molar-refractivity contribution in [2.24, 2.45) is 0 Å². The second kappa shape index (κ2) is 9.87. The lowest BCUT2D eigenvalue weighted by Gasteiger charge is -2.35. The van der Waals surface area contributed by atoms with Gasteiger partial charge in [0.2, 0.25) is 0 Å². The van der Waals surface area contributed by atoms with E-state index in [4.69, 9.17) is 21.4 Å². The van der Waals surface area contributed by atoms with Gasteiger partial charge < -0.3 is 9.84 Å². The summed E-state index contributed by atoms with van der Waals surface area (Å²) in [5, 5.41) is 9.44. The summed E-state index contributed by atoms with van der Waals surface area (Å²) in [7, 11) is -3.91. The Kier molecular flexibility index (Phi) is 6.90. The third-order valence-electron chi connectivity index (χ3n) is 5.42. The minimum absolute atomic E-state index is 0.0121. The van der Waals surface area contributed by atoms with Crippen LogP contribution in [0.15, 0.2) is 65.7 Å². The van der Waals surface area contributed by atoms with E-state index in [1.165, 1.54) is 4.31 Å². The van der Waals surface area contributed by atoms with Gasteiger partial charge in [-0.25, -0.2) is 13.4 Å². The third kappa shape index (κ3) is 5.24. The van der Waals surface area contributed by atoms with Gasteiger partial charge in [-0.05, 0) is 54.8 Å². The van der Waals surface area contributed by atoms with Crippen molar-refractivity contribution in [2.45, 2.75) is 30.8 Å². The molecule has 2 aromatic carbocycles. The second-order valence-electron chi connectivity index (χ2n) is 7.97. The van der Waals surface area contributed by atoms with Crippen LogP contribution >= 0.6 is 11.6 Å². The fourth-order valence-corrected chi connectivity index (χ4v) is 5.49. The molecular weight excluding hydrogens is 476 g/mol. The predicted molar refractivity (Wildman–Crippen MR) is 132 cm³/mol. The molecule has 0 saturated carbocycles. The molecule has 0 spiro atoms. The van der Waals surface area contributed by atoms with Crippen molar-refractivity contribution in [1.82, 2.24) is 4.98 Å². The first-order valence-electron chi connectivity index (χ1n) is 10.6. The van der Waals surface area contributed by atoms with Gasteiger partial charge >= 0.3 is 5.97 Å². The van der Waals surface area contributed by atoms with E-state index >= 15 is 0 Å². The highest BCUT2D eigenvalue weighted by Gasteiger charge is 2.34. The molecule has 0 bridgehead atoms. The maximum Gasteiger partial charge on any atom is 0.303 e. The van der Waals surface area contributed by atoms with E-state index in [1.807, 2.05) is 25.1 Å². The summed E-state index contributed by atoms with van der Waals surface area (Å²) in [4.78, 5) is 15.3. The van der Waals surface area contributed by atoms with E-state index < -0.39 is 22.1 Å². The normalized spacial score (nSPS) is 15.7. The molecule has 1 aliphatic heterocycles. The van der Waals surface area contributed by atoms with E-state index in [2.05, 4.69) is 4.98 Å². The number of fused-ring (bicyclic) bond motifs is 1. The molecule has 7 nitrogen and oxygen atoms in total. The zero-order valence-electron chi connectivity index (χ0n) is 18.4. The average molecular weight is 499 g/mol. The molecule has 0 amide bonds. The van der Waals surface area contributed by atoms with Crippen LogP contribution in [0.2, 0.25) is 5.15 Å². The number of hydrogen-bond acceptors (Lipinski definition) is 5. The quantitative estimate of drug-likeness (QED) is 0.459. The van der Waals surface area contributed by atoms with Gasteiger partial charge in [-0.3, -0.25) is 9.10 Å². The van der Waals surface area contributed by atoms with E-state index in [9.17, 15) is 13.2 Å². The van der Waals surface area contributed by atoms with Gasteiger partial charge in [-0.15, -0.1) is 0 Å². The van der Waals surface area contributed by atoms with Crippen molar-refractivity contribution in [3.8, 4) is 5.75 Å². The first kappa shape index (κ1) is 23.8. The summed E-state index contributed by atoms with van der Waals surface area (Å²) < 4.78 is 34.5. The lowest BCUT2D eigenvalue weighted by molar-refractivity contribution is -0.137. The third-order valence-corrected chi connectivity index (χ3v) is 7.51. The summed E-state index contributed by atoms with van der Waals surface area (Å²) in [6, 6.07) is 15.5. The minimum atomic E-state index is -3.91. The molecule has 3 aromatic rings. The van der Waals surface area contributed by atoms with E-state index in [-0.39, 0.29) is 24.3 Å². The number of carboxylic acids is 1. The van der Waals surface area contributed by atoms with Crippen LogP contribution in [0.25, 0.3) is 12.2 Å². The van der Waals surface area contributed by atoms with Crippen LogP contribution in [0.3, 0.4) is 0 Å². The van der Waals surface area contributed by atoms with E-state index in [0.29, 0.717) is 16.6 Å². The van der Waals surface area contributed by atoms with Crippen LogP contribution in [0.4, 0.5) is 5.69 Å². The molecule has 1 atom stereocenters. The number of halogens is 1. The van der Waals surface area contributed by atoms with Gasteiger partial charge in [-0.1, -0.05) is 48.0 Å². The van der Waals surface area contributed by atoms with Gasteiger partial charge in [0.15, 0.2) is 0 Å². The number of benzene rings is 2. The van der Waals surface area contributed by atoms with Crippen molar-refractivity contribution in [3.05, 3.63) is 82.6 Å². The molecule has 1 aliphatic rings. The Balaban J connectivity index is 1.73. The molecule has 2 heterocycles. The maximum atomic E-state index is 13.6. The standard InChI is InChI=1S/C25H23ClN2O5S/c1-17-4-2-6-21(14-17)34(31,32)28-16-20(10-12-24(29)30)33-23-11-8-18(15-22(23)28)7-9-19-5-3-13-27-25(19)26/h2-9,11,13-15,20H,10,12,16H2,1H3,(H,29,30)/b9-7+/t20-/m0/s1. The Labute approximate surface area is 203 Å². The SMILES string of the molecule is Cc1cccc(S(=O)(=O)N2C[C@H](CCC(=O)O)Oc3ccc(/C=C/c4cccnc4Cl)cc32)c1. The topological polar surface area (TPSA) is 96.8 Å². The molecule has 0 saturated heterocycles. The molecule has 0 aliphatic carbocycles. The molecule has 34 heavy (non-hydrogen) atoms. The molecular formula is C25H23ClN2O5S. The molecule has 0 radical (unpaired) electrons. The Morgan fingerprint density at radius 2 is 2.03 bits per heavy atom. The number of aliphatic carboxylic acids is 1. The second-order valence-corrected chi connectivity index (χ2v) is 10.2. The summed E-state index contributed by atoms with van der Waals surface area (Å²) >= 11 is 6.13. The minimum Gasteiger partial charge on any atom is -0.486 e. The number of carbonyl (C=O) groups is 1. The lowest BCUT2D eigenvalue weighted by Crippen LogP contribution is -2.43. The summed E-state index contributed by atoms with van der Waals surface area (Å²) in [5.74, 6) is -0.577. The average Bonchev–Trinajstić information content (AvgIpc) is 2.81. The molecule has 1 aromatic heterocycles. The number of hydrogen-bond donors (Lipinski definition) is 1. The lowest BCUT2D eigenvalue weighted by atomic mass is 10.1. The van der Waals surface area contributed by atoms with Gasteiger partial charge in [0.25, 0.3) is 10.0 Å². The molecule has 0 unspecified atom stereocenters. The van der Waals surface area contributed by atoms with Crippen molar-refractivity contribution in [1.29, 1.82) is 0 Å². The number of aryl methyl sites for hydroxylation is 1. The number of carboxylic acid groups (broad SMARTS) is 1. The Hall–Kier alpha value is -3.36. The summed E-state index contributed by atoms with van der Waals surface area (Å²) in [6.45, 7) is 1.84. The van der Waals surface area contributed by atoms with Gasteiger partial charge in [0.1, 0.15) is 17.0 Å². The predicted octanol–water partition coefficient (Wildman–Crippen LogP) is 5.03. The van der Waals surface area contributed by atoms with Crippen molar-refractivity contribution >= 4 is 45.4 Å². The number of pyridine rings is 1. The van der Waals surface area contributed by atoms with Gasteiger partial charge in [0.05, 0.1) is 17.1 Å². The van der Waals surface area contributed by atoms with Crippen LogP contribution in [0.1, 0.15) is 29.5 Å². The number of aromatic nitrogens is 1. The number of ether oxygens (including phenoxy) is 1. The maximum absolute atomic E-state index is 13.6. The van der Waals surface area contributed by atoms with E-state index in [0.717, 1.165) is 16.7 Å². The summed E-state index contributed by atoms with van der Waals surface area (Å²) in [5.41, 5.74) is 2.70. The zero-order chi connectivity index (χ0) is 24.3. The molecule has 0 fully saturated rings. The van der Waals surface area contributed by atoms with Crippen LogP contribution < -0.4 is 9.04 Å². The van der Waals surface area contributed by atoms with E-state index in [1.54, 1.807) is 54.7 Å². The molecule has 9 heteroatoms. The summed E-state index contributed by atoms with van der Waals surface area (Å²) in [6.07, 6.45) is 4.71. The Bertz CT molecular complexity index is 1360. The highest BCUT2D eigenvalue weighted by molar-refractivity contribution is 7.92. The number of rotatable bonds is 7. The van der Waals surface area contributed by atoms with Crippen LogP contribution in [0, 0.1) is 6.92 Å². The first-order valence-corrected chi connectivity index (χ1v) is 12.5. The van der Waals surface area contributed by atoms with Gasteiger partial charge in [0, 0.05) is 18.2 Å². The van der Waals surface area contributed by atoms with Crippen molar-refractivity contribution < 1.29 is 23.1 Å². The Morgan fingerprint density at radius 1 is 1.21 bits per heavy atom. The Morgan fingerprint density at radius 3 is 2.76 bits per heavy atom. The highest BCUT2D eigenvalue weighted by Crippen LogP contribution is 2.39. The largest absolute Gasteiger partial charge is 0.486 e. The monoisotopic (exact) mass is 498 g/mol. The fraction of sp³-hybridized carbons (Fsp3) is 0.200. The number of anilines is 1. The number of nitrogens with zero attached hydrogens (tertiary/aromatic N) is 2. The molecule has 1 N–H and O–H groups in total. The fourth-order valence-electron chi connectivity index (χ4n) is 3.71. The smallest absolute Gasteiger partial charge is 0.303 e. The highest BCUT2D eigenvalue weighted by atomic mass is 35.5. The van der Waals surface area contributed by atoms with Crippen molar-refractivity contribution in [3.63, 3.8) is 0 Å². The zero-order valence-corrected chi connectivity index (χ0v) is 20.0. The first-order chi connectivity index (χ1) is 16.2. The van der Waals surface area contributed by atoms with Crippen LogP contribution in [-0.4, -0.2) is 37.1 Å². The van der Waals surface area contributed by atoms with Crippen LogP contribution in [0.5, 0.6) is 5.75 Å². The van der Waals surface area contributed by atoms with Gasteiger partial charge in [-0.2, -0.15) is 0 Å². The van der Waals surface area contributed by atoms with Crippen molar-refractivity contribution in [2.75, 3.05) is 10.8 Å². The number of sulfonamides is 1. The van der Waals surface area contributed by atoms with Crippen LogP contribution in [-0.2, 0) is 14.8 Å².